The molecule has 1 atom stereocenters. The lowest BCUT2D eigenvalue weighted by Gasteiger charge is -2.30. The number of hydrogen-bond acceptors (Lipinski definition) is 5. The minimum Gasteiger partial charge on any atom is -0.469 e. The fourth-order valence-electron chi connectivity index (χ4n) is 1.78. The van der Waals surface area contributed by atoms with Crippen LogP contribution in [0, 0.1) is 0 Å². The van der Waals surface area contributed by atoms with Crippen molar-refractivity contribution in [3.8, 4) is 0 Å². The van der Waals surface area contributed by atoms with Gasteiger partial charge in [-0.1, -0.05) is 0 Å². The van der Waals surface area contributed by atoms with Gasteiger partial charge < -0.3 is 10.1 Å². The number of ether oxygens (including phenoxy) is 1. The van der Waals surface area contributed by atoms with Crippen LogP contribution in [0.5, 0.6) is 0 Å². The minimum absolute atomic E-state index is 0.00875. The van der Waals surface area contributed by atoms with Gasteiger partial charge in [0.2, 0.25) is 10.0 Å². The zero-order chi connectivity index (χ0) is 12.9. The van der Waals surface area contributed by atoms with Gasteiger partial charge in [0.15, 0.2) is 0 Å². The molecule has 0 aliphatic carbocycles. The first-order chi connectivity index (χ1) is 7.95. The van der Waals surface area contributed by atoms with Crippen LogP contribution in [-0.2, 0) is 19.6 Å². The smallest absolute Gasteiger partial charge is 0.305 e. The summed E-state index contributed by atoms with van der Waals surface area (Å²) in [6.07, 6.45) is 0.463. The second-order valence-electron chi connectivity index (χ2n) is 4.21. The lowest BCUT2D eigenvalue weighted by Crippen LogP contribution is -2.51. The molecular formula is C10H20N2O4S. The van der Waals surface area contributed by atoms with Gasteiger partial charge in [-0.3, -0.25) is 4.79 Å². The highest BCUT2D eigenvalue weighted by molar-refractivity contribution is 7.89. The average molecular weight is 264 g/mol. The molecule has 0 saturated carbocycles. The third-order valence-corrected chi connectivity index (χ3v) is 4.66. The highest BCUT2D eigenvalue weighted by Gasteiger charge is 2.26. The topological polar surface area (TPSA) is 75.7 Å². The Labute approximate surface area is 102 Å². The van der Waals surface area contributed by atoms with Crippen LogP contribution in [0.3, 0.4) is 0 Å². The molecule has 1 aliphatic rings. The van der Waals surface area contributed by atoms with Crippen molar-refractivity contribution < 1.29 is 17.9 Å². The van der Waals surface area contributed by atoms with Crippen molar-refractivity contribution in [2.45, 2.75) is 25.8 Å². The number of sulfonamides is 1. The predicted molar refractivity (Wildman–Crippen MR) is 64.1 cm³/mol. The lowest BCUT2D eigenvalue weighted by atomic mass is 10.3. The predicted octanol–water partition coefficient (Wildman–Crippen LogP) is -0.437. The summed E-state index contributed by atoms with van der Waals surface area (Å²) in [6, 6.07) is 0.180. The maximum absolute atomic E-state index is 11.9. The van der Waals surface area contributed by atoms with Crippen molar-refractivity contribution in [3.05, 3.63) is 0 Å². The van der Waals surface area contributed by atoms with E-state index in [1.54, 1.807) is 0 Å². The SMILES string of the molecule is COC(=O)CCCS(=O)(=O)N1CCN[C@@H](C)C1. The van der Waals surface area contributed by atoms with E-state index in [-0.39, 0.29) is 24.2 Å². The second-order valence-corrected chi connectivity index (χ2v) is 6.30. The largest absolute Gasteiger partial charge is 0.469 e. The number of nitrogens with zero attached hydrogens (tertiary/aromatic N) is 1. The molecule has 1 N–H and O–H groups in total. The molecule has 6 nitrogen and oxygen atoms in total. The van der Waals surface area contributed by atoms with E-state index >= 15 is 0 Å². The van der Waals surface area contributed by atoms with E-state index in [9.17, 15) is 13.2 Å². The highest BCUT2D eigenvalue weighted by atomic mass is 32.2. The van der Waals surface area contributed by atoms with Gasteiger partial charge in [0.25, 0.3) is 0 Å². The van der Waals surface area contributed by atoms with Gasteiger partial charge in [-0.05, 0) is 13.3 Å². The van der Waals surface area contributed by atoms with E-state index in [4.69, 9.17) is 0 Å². The molecule has 7 heteroatoms. The second kappa shape index (κ2) is 6.32. The Morgan fingerprint density at radius 2 is 2.24 bits per heavy atom. The quantitative estimate of drug-likeness (QED) is 0.682. The maximum Gasteiger partial charge on any atom is 0.305 e. The number of nitrogens with one attached hydrogen (secondary N) is 1. The Bertz CT molecular complexity index is 355. The van der Waals surface area contributed by atoms with E-state index in [2.05, 4.69) is 10.1 Å². The summed E-state index contributed by atoms with van der Waals surface area (Å²) in [5.41, 5.74) is 0. The Balaban J connectivity index is 2.42. The van der Waals surface area contributed by atoms with Gasteiger partial charge in [-0.2, -0.15) is 4.31 Å². The molecule has 0 aromatic carbocycles. The first-order valence-electron chi connectivity index (χ1n) is 5.73. The number of piperazine rings is 1. The summed E-state index contributed by atoms with van der Waals surface area (Å²) in [4.78, 5) is 10.9. The minimum atomic E-state index is -3.23. The number of carbonyl (C=O) groups excluding carboxylic acids is 1. The molecule has 1 rings (SSSR count). The number of rotatable bonds is 5. The molecule has 0 unspecified atom stereocenters. The summed E-state index contributed by atoms with van der Waals surface area (Å²) >= 11 is 0. The molecule has 1 aliphatic heterocycles. The average Bonchev–Trinajstić information content (AvgIpc) is 2.28. The highest BCUT2D eigenvalue weighted by Crippen LogP contribution is 2.09. The summed E-state index contributed by atoms with van der Waals surface area (Å²) < 4.78 is 29.9. The number of esters is 1. The lowest BCUT2D eigenvalue weighted by molar-refractivity contribution is -0.140. The van der Waals surface area contributed by atoms with Crippen LogP contribution in [0.2, 0.25) is 0 Å². The van der Waals surface area contributed by atoms with Crippen molar-refractivity contribution in [1.29, 1.82) is 0 Å². The van der Waals surface area contributed by atoms with Gasteiger partial charge in [0, 0.05) is 32.1 Å². The van der Waals surface area contributed by atoms with Crippen LogP contribution in [0.4, 0.5) is 0 Å². The van der Waals surface area contributed by atoms with E-state index in [1.165, 1.54) is 11.4 Å². The fourth-order valence-corrected chi connectivity index (χ4v) is 3.37. The van der Waals surface area contributed by atoms with E-state index in [0.29, 0.717) is 26.1 Å². The standard InChI is InChI=1S/C10H20N2O4S/c1-9-8-12(6-5-11-9)17(14,15)7-3-4-10(13)16-2/h9,11H,3-8H2,1-2H3/t9-/m0/s1. The monoisotopic (exact) mass is 264 g/mol. The van der Waals surface area contributed by atoms with Gasteiger partial charge >= 0.3 is 5.97 Å². The molecule has 1 fully saturated rings. The molecule has 0 bridgehead atoms. The Hall–Kier alpha value is -0.660. The van der Waals surface area contributed by atoms with Crippen LogP contribution < -0.4 is 5.32 Å². The zero-order valence-corrected chi connectivity index (χ0v) is 11.1. The van der Waals surface area contributed by atoms with Gasteiger partial charge in [-0.25, -0.2) is 8.42 Å². The number of carbonyl (C=O) groups is 1. The van der Waals surface area contributed by atoms with E-state index < -0.39 is 10.0 Å². The summed E-state index contributed by atoms with van der Waals surface area (Å²) in [7, 11) is -1.93. The van der Waals surface area contributed by atoms with Crippen molar-refractivity contribution in [1.82, 2.24) is 9.62 Å². The molecule has 1 heterocycles. The van der Waals surface area contributed by atoms with Gasteiger partial charge in [0.1, 0.15) is 0 Å². The van der Waals surface area contributed by atoms with E-state index in [0.717, 1.165) is 0 Å². The van der Waals surface area contributed by atoms with Gasteiger partial charge in [0.05, 0.1) is 12.9 Å². The van der Waals surface area contributed by atoms with Crippen molar-refractivity contribution in [3.63, 3.8) is 0 Å². The molecule has 0 aromatic rings. The molecule has 0 spiro atoms. The number of hydrogen-bond donors (Lipinski definition) is 1. The first-order valence-corrected chi connectivity index (χ1v) is 7.34. The molecule has 17 heavy (non-hydrogen) atoms. The van der Waals surface area contributed by atoms with Crippen LogP contribution in [0.25, 0.3) is 0 Å². The summed E-state index contributed by atoms with van der Waals surface area (Å²) in [6.45, 7) is 3.64. The van der Waals surface area contributed by atoms with Crippen LogP contribution in [0.15, 0.2) is 0 Å². The summed E-state index contributed by atoms with van der Waals surface area (Å²) in [5.74, 6) is -0.358. The number of methoxy groups -OCH3 is 1. The normalized spacial score (nSPS) is 22.4. The van der Waals surface area contributed by atoms with Gasteiger partial charge in [-0.15, -0.1) is 0 Å². The Morgan fingerprint density at radius 3 is 2.82 bits per heavy atom. The Morgan fingerprint density at radius 1 is 1.53 bits per heavy atom. The molecule has 1 saturated heterocycles. The van der Waals surface area contributed by atoms with Crippen molar-refractivity contribution in [2.24, 2.45) is 0 Å². The maximum atomic E-state index is 11.9. The van der Waals surface area contributed by atoms with Crippen LogP contribution in [-0.4, -0.2) is 57.2 Å². The third-order valence-electron chi connectivity index (χ3n) is 2.74. The molecule has 0 radical (unpaired) electrons. The molecular weight excluding hydrogens is 244 g/mol. The molecule has 100 valence electrons. The summed E-state index contributed by atoms with van der Waals surface area (Å²) in [5, 5.41) is 3.19. The molecule has 0 aromatic heterocycles. The zero-order valence-electron chi connectivity index (χ0n) is 10.3. The fraction of sp³-hybridized carbons (Fsp3) is 0.900. The van der Waals surface area contributed by atoms with Crippen LogP contribution in [0.1, 0.15) is 19.8 Å². The first kappa shape index (κ1) is 14.4. The molecule has 0 amide bonds. The van der Waals surface area contributed by atoms with Crippen molar-refractivity contribution >= 4 is 16.0 Å². The van der Waals surface area contributed by atoms with E-state index in [1.807, 2.05) is 6.92 Å². The third kappa shape index (κ3) is 4.61. The van der Waals surface area contributed by atoms with Crippen LogP contribution >= 0.6 is 0 Å². The van der Waals surface area contributed by atoms with Crippen molar-refractivity contribution in [2.75, 3.05) is 32.5 Å². The Kier molecular flexibility index (Phi) is 5.35.